The van der Waals surface area contributed by atoms with Crippen LogP contribution in [-0.4, -0.2) is 15.8 Å². The van der Waals surface area contributed by atoms with Gasteiger partial charge in [0.1, 0.15) is 6.04 Å². The fourth-order valence-electron chi connectivity index (χ4n) is 2.62. The maximum absolute atomic E-state index is 12.6. The van der Waals surface area contributed by atoms with Crippen molar-refractivity contribution in [3.63, 3.8) is 0 Å². The third-order valence-electron chi connectivity index (χ3n) is 3.69. The monoisotopic (exact) mass is 297 g/mol. The molecule has 2 heterocycles. The van der Waals surface area contributed by atoms with Gasteiger partial charge in [-0.25, -0.2) is 0 Å². The Morgan fingerprint density at radius 3 is 2.86 bits per heavy atom. The smallest absolute Gasteiger partial charge is 0.256 e. The highest BCUT2D eigenvalue weighted by Crippen LogP contribution is 2.38. The first-order chi connectivity index (χ1) is 10.1. The zero-order valence-corrected chi connectivity index (χ0v) is 12.1. The summed E-state index contributed by atoms with van der Waals surface area (Å²) in [7, 11) is 0. The van der Waals surface area contributed by atoms with Gasteiger partial charge in [0.25, 0.3) is 5.91 Å². The molecule has 1 aliphatic heterocycles. The average molecular weight is 298 g/mol. The number of carbonyl (C=O) groups excluding carboxylic acids is 1. The number of nitrogens with zero attached hydrogens (tertiary/aromatic N) is 3. The summed E-state index contributed by atoms with van der Waals surface area (Å²) in [6, 6.07) is 10.6. The fourth-order valence-corrected chi connectivity index (χ4v) is 2.77. The molecular weight excluding hydrogens is 286 g/mol. The molecule has 1 atom stereocenters. The van der Waals surface area contributed by atoms with E-state index in [4.69, 9.17) is 11.6 Å². The standard InChI is InChI=1S/C16H12ClN3O/c1-10-13(17)6-5-12-14(8-18)20(16(21)15(10)12)9-11-4-2-3-7-19-11/h2-7,14H,9H2,1H3. The van der Waals surface area contributed by atoms with Crippen LogP contribution in [0.3, 0.4) is 0 Å². The maximum Gasteiger partial charge on any atom is 0.256 e. The third kappa shape index (κ3) is 2.16. The molecule has 1 amide bonds. The molecule has 0 N–H and O–H groups in total. The number of carbonyl (C=O) groups is 1. The van der Waals surface area contributed by atoms with Crippen LogP contribution in [0.1, 0.15) is 33.2 Å². The van der Waals surface area contributed by atoms with Crippen molar-refractivity contribution in [1.29, 1.82) is 5.26 Å². The van der Waals surface area contributed by atoms with E-state index in [0.29, 0.717) is 17.1 Å². The second-order valence-electron chi connectivity index (χ2n) is 4.92. The van der Waals surface area contributed by atoms with E-state index in [1.807, 2.05) is 18.2 Å². The van der Waals surface area contributed by atoms with Gasteiger partial charge in [-0.3, -0.25) is 9.78 Å². The minimum Gasteiger partial charge on any atom is -0.313 e. The van der Waals surface area contributed by atoms with E-state index in [9.17, 15) is 10.1 Å². The van der Waals surface area contributed by atoms with E-state index in [1.54, 1.807) is 25.3 Å². The maximum atomic E-state index is 12.6. The van der Waals surface area contributed by atoms with Crippen LogP contribution in [0.5, 0.6) is 0 Å². The lowest BCUT2D eigenvalue weighted by Crippen LogP contribution is -2.27. The van der Waals surface area contributed by atoms with Gasteiger partial charge in [0.05, 0.1) is 23.9 Å². The van der Waals surface area contributed by atoms with E-state index < -0.39 is 6.04 Å². The quantitative estimate of drug-likeness (QED) is 0.855. The van der Waals surface area contributed by atoms with Gasteiger partial charge in [0.2, 0.25) is 0 Å². The van der Waals surface area contributed by atoms with Gasteiger partial charge in [-0.15, -0.1) is 0 Å². The molecule has 1 unspecified atom stereocenters. The van der Waals surface area contributed by atoms with Crippen molar-refractivity contribution in [1.82, 2.24) is 9.88 Å². The molecule has 0 bridgehead atoms. The van der Waals surface area contributed by atoms with Crippen molar-refractivity contribution in [3.05, 3.63) is 63.9 Å². The number of fused-ring (bicyclic) bond motifs is 1. The number of rotatable bonds is 2. The van der Waals surface area contributed by atoms with Crippen LogP contribution < -0.4 is 0 Å². The second-order valence-corrected chi connectivity index (χ2v) is 5.33. The van der Waals surface area contributed by atoms with Crippen LogP contribution in [-0.2, 0) is 6.54 Å². The lowest BCUT2D eigenvalue weighted by Gasteiger charge is -2.19. The Balaban J connectivity index is 2.03. The number of nitriles is 1. The molecule has 2 aromatic rings. The van der Waals surface area contributed by atoms with Gasteiger partial charge in [-0.1, -0.05) is 23.7 Å². The number of benzene rings is 1. The molecular formula is C16H12ClN3O. The Labute approximate surface area is 127 Å². The summed E-state index contributed by atoms with van der Waals surface area (Å²) in [5.74, 6) is -0.165. The first-order valence-corrected chi connectivity index (χ1v) is 6.90. The Morgan fingerprint density at radius 1 is 1.38 bits per heavy atom. The molecule has 0 aliphatic carbocycles. The summed E-state index contributed by atoms with van der Waals surface area (Å²) in [6.07, 6.45) is 1.67. The van der Waals surface area contributed by atoms with E-state index in [2.05, 4.69) is 11.1 Å². The van der Waals surface area contributed by atoms with Crippen molar-refractivity contribution in [2.24, 2.45) is 0 Å². The zero-order valence-electron chi connectivity index (χ0n) is 11.4. The molecule has 0 fully saturated rings. The summed E-state index contributed by atoms with van der Waals surface area (Å²) in [6.45, 7) is 2.11. The number of hydrogen-bond acceptors (Lipinski definition) is 3. The first-order valence-electron chi connectivity index (χ1n) is 6.53. The van der Waals surface area contributed by atoms with Crippen molar-refractivity contribution < 1.29 is 4.79 Å². The van der Waals surface area contributed by atoms with E-state index >= 15 is 0 Å². The van der Waals surface area contributed by atoms with Crippen molar-refractivity contribution >= 4 is 17.5 Å². The number of amides is 1. The number of aromatic nitrogens is 1. The SMILES string of the molecule is Cc1c(Cl)ccc2c1C(=O)N(Cc1ccccn1)C2C#N. The van der Waals surface area contributed by atoms with Gasteiger partial charge in [-0.05, 0) is 30.7 Å². The van der Waals surface area contributed by atoms with Crippen LogP contribution in [0.2, 0.25) is 5.02 Å². The van der Waals surface area contributed by atoms with Crippen LogP contribution in [0.25, 0.3) is 0 Å². The summed E-state index contributed by atoms with van der Waals surface area (Å²) in [4.78, 5) is 18.4. The highest BCUT2D eigenvalue weighted by molar-refractivity contribution is 6.32. The van der Waals surface area contributed by atoms with Crippen molar-refractivity contribution in [2.45, 2.75) is 19.5 Å². The average Bonchev–Trinajstić information content (AvgIpc) is 2.77. The molecule has 3 rings (SSSR count). The Kier molecular flexibility index (Phi) is 3.36. The molecule has 104 valence electrons. The van der Waals surface area contributed by atoms with Crippen LogP contribution in [0, 0.1) is 18.3 Å². The summed E-state index contributed by atoms with van der Waals surface area (Å²) in [5, 5.41) is 9.98. The summed E-state index contributed by atoms with van der Waals surface area (Å²) < 4.78 is 0. The molecule has 4 nitrogen and oxygen atoms in total. The van der Waals surface area contributed by atoms with E-state index in [0.717, 1.165) is 16.8 Å². The molecule has 0 saturated carbocycles. The third-order valence-corrected chi connectivity index (χ3v) is 4.10. The predicted molar refractivity (Wildman–Crippen MR) is 78.7 cm³/mol. The Morgan fingerprint density at radius 2 is 2.19 bits per heavy atom. The van der Waals surface area contributed by atoms with Gasteiger partial charge < -0.3 is 4.90 Å². The molecule has 0 spiro atoms. The minimum atomic E-state index is -0.592. The summed E-state index contributed by atoms with van der Waals surface area (Å²) in [5.41, 5.74) is 2.75. The largest absolute Gasteiger partial charge is 0.313 e. The van der Waals surface area contributed by atoms with E-state index in [-0.39, 0.29) is 5.91 Å². The van der Waals surface area contributed by atoms with Gasteiger partial charge in [0.15, 0.2) is 0 Å². The number of halogens is 1. The van der Waals surface area contributed by atoms with Crippen LogP contribution in [0.4, 0.5) is 0 Å². The van der Waals surface area contributed by atoms with Gasteiger partial charge >= 0.3 is 0 Å². The topological polar surface area (TPSA) is 57.0 Å². The van der Waals surface area contributed by atoms with Gasteiger partial charge in [0, 0.05) is 16.8 Å². The van der Waals surface area contributed by atoms with Crippen molar-refractivity contribution in [2.75, 3.05) is 0 Å². The van der Waals surface area contributed by atoms with Gasteiger partial charge in [-0.2, -0.15) is 5.26 Å². The van der Waals surface area contributed by atoms with E-state index in [1.165, 1.54) is 4.90 Å². The molecule has 1 aliphatic rings. The lowest BCUT2D eigenvalue weighted by molar-refractivity contribution is 0.0742. The molecule has 0 saturated heterocycles. The lowest BCUT2D eigenvalue weighted by atomic mass is 10.0. The Hall–Kier alpha value is -2.38. The molecule has 0 radical (unpaired) electrons. The minimum absolute atomic E-state index is 0.165. The highest BCUT2D eigenvalue weighted by Gasteiger charge is 2.38. The van der Waals surface area contributed by atoms with Crippen molar-refractivity contribution in [3.8, 4) is 6.07 Å². The predicted octanol–water partition coefficient (Wildman–Crippen LogP) is 3.26. The molecule has 21 heavy (non-hydrogen) atoms. The molecule has 1 aromatic heterocycles. The zero-order chi connectivity index (χ0) is 15.0. The summed E-state index contributed by atoms with van der Waals surface area (Å²) >= 11 is 6.09. The Bertz CT molecular complexity index is 752. The highest BCUT2D eigenvalue weighted by atomic mass is 35.5. The fraction of sp³-hybridized carbons (Fsp3) is 0.188. The second kappa shape index (κ2) is 5.19. The number of pyridine rings is 1. The molecule has 1 aromatic carbocycles. The van der Waals surface area contributed by atoms with Crippen LogP contribution in [0.15, 0.2) is 36.5 Å². The normalized spacial score (nSPS) is 16.7. The molecule has 5 heteroatoms. The van der Waals surface area contributed by atoms with Crippen LogP contribution >= 0.6 is 11.6 Å². The number of hydrogen-bond donors (Lipinski definition) is 0. The first kappa shape index (κ1) is 13.6.